The summed E-state index contributed by atoms with van der Waals surface area (Å²) in [6.07, 6.45) is 0. The number of para-hydroxylation sites is 2. The molecule has 0 aliphatic rings. The Balaban J connectivity index is 2.70. The number of rotatable bonds is 1. The van der Waals surface area contributed by atoms with E-state index in [0.29, 0.717) is 11.1 Å². The molecule has 2 aromatic rings. The van der Waals surface area contributed by atoms with Gasteiger partial charge in [0.25, 0.3) is 0 Å². The van der Waals surface area contributed by atoms with Gasteiger partial charge >= 0.3 is 5.22 Å². The van der Waals surface area contributed by atoms with Gasteiger partial charge in [0.2, 0.25) is 11.1 Å². The van der Waals surface area contributed by atoms with Crippen LogP contribution in [0, 0.1) is 0 Å². The average molecular weight is 183 g/mol. The number of nitrogens with zero attached hydrogens (tertiary/aromatic N) is 1. The molecule has 0 radical (unpaired) electrons. The topological polar surface area (TPSA) is 63.3 Å². The second-order valence-corrected chi connectivity index (χ2v) is 3.04. The third kappa shape index (κ3) is 1.13. The van der Waals surface area contributed by atoms with Gasteiger partial charge in [0, 0.05) is 0 Å². The molecule has 5 heteroatoms. The number of hydrogen-bond donors (Lipinski definition) is 1. The zero-order valence-corrected chi connectivity index (χ0v) is 6.75. The van der Waals surface area contributed by atoms with E-state index < -0.39 is 11.1 Å². The van der Waals surface area contributed by atoms with Crippen LogP contribution in [-0.2, 0) is 11.1 Å². The lowest BCUT2D eigenvalue weighted by Crippen LogP contribution is -1.85. The Kier molecular flexibility index (Phi) is 1.67. The smallest absolute Gasteiger partial charge is 0.315 e. The molecule has 1 unspecified atom stereocenters. The molecule has 0 saturated heterocycles. The van der Waals surface area contributed by atoms with Crippen molar-refractivity contribution in [3.05, 3.63) is 24.3 Å². The first-order valence-electron chi connectivity index (χ1n) is 3.24. The van der Waals surface area contributed by atoms with Crippen LogP contribution in [0.15, 0.2) is 33.9 Å². The zero-order chi connectivity index (χ0) is 8.55. The van der Waals surface area contributed by atoms with Crippen LogP contribution in [0.25, 0.3) is 11.1 Å². The molecular formula is C7H5NO3S. The van der Waals surface area contributed by atoms with E-state index in [1.165, 1.54) is 0 Å². The maximum Gasteiger partial charge on any atom is 0.315 e. The van der Waals surface area contributed by atoms with E-state index in [4.69, 9.17) is 8.97 Å². The summed E-state index contributed by atoms with van der Waals surface area (Å²) in [4.78, 5) is 3.80. The van der Waals surface area contributed by atoms with Gasteiger partial charge in [0.05, 0.1) is 0 Å². The molecule has 0 saturated carbocycles. The fourth-order valence-electron chi connectivity index (χ4n) is 0.926. The van der Waals surface area contributed by atoms with Crippen LogP contribution in [0.3, 0.4) is 0 Å². The highest BCUT2D eigenvalue weighted by molar-refractivity contribution is 7.79. The summed E-state index contributed by atoms with van der Waals surface area (Å²) >= 11 is -2.14. The maximum atomic E-state index is 10.5. The molecule has 12 heavy (non-hydrogen) atoms. The van der Waals surface area contributed by atoms with Crippen molar-refractivity contribution in [1.82, 2.24) is 4.98 Å². The summed E-state index contributed by atoms with van der Waals surface area (Å²) in [5.74, 6) is 0. The quantitative estimate of drug-likeness (QED) is 0.679. The number of fused-ring (bicyclic) bond motifs is 1. The van der Waals surface area contributed by atoms with Crippen molar-refractivity contribution >= 4 is 22.2 Å². The third-order valence-corrected chi connectivity index (χ3v) is 1.90. The molecule has 0 aliphatic carbocycles. The van der Waals surface area contributed by atoms with Crippen LogP contribution in [-0.4, -0.2) is 13.7 Å². The Bertz CT molecular complexity index is 404. The highest BCUT2D eigenvalue weighted by Crippen LogP contribution is 2.15. The molecular weight excluding hydrogens is 178 g/mol. The molecule has 1 aromatic carbocycles. The summed E-state index contributed by atoms with van der Waals surface area (Å²) in [5.41, 5.74) is 1.12. The van der Waals surface area contributed by atoms with Crippen molar-refractivity contribution < 1.29 is 13.2 Å². The van der Waals surface area contributed by atoms with Gasteiger partial charge in [-0.3, -0.25) is 4.55 Å². The van der Waals surface area contributed by atoms with Crippen LogP contribution in [0.5, 0.6) is 0 Å². The zero-order valence-electron chi connectivity index (χ0n) is 5.93. The third-order valence-electron chi connectivity index (χ3n) is 1.42. The molecule has 0 amide bonds. The van der Waals surface area contributed by atoms with Crippen molar-refractivity contribution in [3.63, 3.8) is 0 Å². The van der Waals surface area contributed by atoms with Crippen LogP contribution in [0.2, 0.25) is 0 Å². The Morgan fingerprint density at radius 1 is 1.42 bits per heavy atom. The van der Waals surface area contributed by atoms with Gasteiger partial charge in [-0.15, -0.1) is 0 Å². The highest BCUT2D eigenvalue weighted by atomic mass is 32.2. The fourth-order valence-corrected chi connectivity index (χ4v) is 1.26. The molecule has 1 heterocycles. The lowest BCUT2D eigenvalue weighted by Gasteiger charge is -1.80. The van der Waals surface area contributed by atoms with Gasteiger partial charge in [0.15, 0.2) is 5.58 Å². The van der Waals surface area contributed by atoms with Crippen LogP contribution in [0.1, 0.15) is 0 Å². The lowest BCUT2D eigenvalue weighted by molar-refractivity contribution is 0.447. The van der Waals surface area contributed by atoms with Crippen molar-refractivity contribution in [2.24, 2.45) is 0 Å². The number of hydrogen-bond acceptors (Lipinski definition) is 3. The minimum atomic E-state index is -2.14. The van der Waals surface area contributed by atoms with E-state index in [-0.39, 0.29) is 5.22 Å². The number of oxazole rings is 1. The summed E-state index contributed by atoms with van der Waals surface area (Å²) in [6.45, 7) is 0. The SMILES string of the molecule is O=S(O)c1nc2ccccc2o1. The van der Waals surface area contributed by atoms with Gasteiger partial charge in [-0.1, -0.05) is 12.1 Å². The predicted molar refractivity (Wildman–Crippen MR) is 43.0 cm³/mol. The van der Waals surface area contributed by atoms with E-state index in [0.717, 1.165) is 0 Å². The van der Waals surface area contributed by atoms with Gasteiger partial charge in [0.1, 0.15) is 5.52 Å². The number of benzene rings is 1. The normalized spacial score (nSPS) is 13.4. The molecule has 0 bridgehead atoms. The fraction of sp³-hybridized carbons (Fsp3) is 0. The minimum Gasteiger partial charge on any atom is -0.428 e. The molecule has 4 nitrogen and oxygen atoms in total. The van der Waals surface area contributed by atoms with Crippen LogP contribution in [0.4, 0.5) is 0 Å². The van der Waals surface area contributed by atoms with Gasteiger partial charge in [-0.05, 0) is 12.1 Å². The van der Waals surface area contributed by atoms with E-state index in [2.05, 4.69) is 4.98 Å². The second kappa shape index (κ2) is 2.69. The molecule has 1 N–H and O–H groups in total. The molecule has 0 aliphatic heterocycles. The Hall–Kier alpha value is -1.20. The first-order chi connectivity index (χ1) is 5.77. The van der Waals surface area contributed by atoms with Gasteiger partial charge < -0.3 is 4.42 Å². The van der Waals surface area contributed by atoms with E-state index in [1.807, 2.05) is 0 Å². The largest absolute Gasteiger partial charge is 0.428 e. The summed E-state index contributed by atoms with van der Waals surface area (Å²) in [7, 11) is 0. The lowest BCUT2D eigenvalue weighted by atomic mass is 10.3. The Labute approximate surface area is 70.5 Å². The summed E-state index contributed by atoms with van der Waals surface area (Å²) in [6, 6.07) is 6.97. The minimum absolute atomic E-state index is 0.156. The first kappa shape index (κ1) is 7.45. The Morgan fingerprint density at radius 2 is 2.17 bits per heavy atom. The van der Waals surface area contributed by atoms with Crippen molar-refractivity contribution in [3.8, 4) is 0 Å². The molecule has 62 valence electrons. The van der Waals surface area contributed by atoms with Crippen molar-refractivity contribution in [1.29, 1.82) is 0 Å². The Morgan fingerprint density at radius 3 is 2.83 bits per heavy atom. The van der Waals surface area contributed by atoms with E-state index in [1.54, 1.807) is 24.3 Å². The molecule has 2 rings (SSSR count). The predicted octanol–water partition coefficient (Wildman–Crippen LogP) is 1.41. The van der Waals surface area contributed by atoms with E-state index in [9.17, 15) is 4.21 Å². The summed E-state index contributed by atoms with van der Waals surface area (Å²) < 4.78 is 24.1. The monoisotopic (exact) mass is 183 g/mol. The molecule has 1 atom stereocenters. The standard InChI is InChI=1S/C7H5NO3S/c9-12(10)7-8-5-3-1-2-4-6(5)11-7/h1-4H,(H,9,10). The molecule has 0 spiro atoms. The molecule has 1 aromatic heterocycles. The number of aromatic nitrogens is 1. The van der Waals surface area contributed by atoms with E-state index >= 15 is 0 Å². The summed E-state index contributed by atoms with van der Waals surface area (Å²) in [5, 5.41) is -0.156. The van der Waals surface area contributed by atoms with Gasteiger partial charge in [-0.2, -0.15) is 4.98 Å². The first-order valence-corrected chi connectivity index (χ1v) is 4.34. The van der Waals surface area contributed by atoms with Crippen LogP contribution >= 0.6 is 0 Å². The van der Waals surface area contributed by atoms with Gasteiger partial charge in [-0.25, -0.2) is 4.21 Å². The van der Waals surface area contributed by atoms with Crippen molar-refractivity contribution in [2.45, 2.75) is 5.22 Å². The van der Waals surface area contributed by atoms with Crippen LogP contribution < -0.4 is 0 Å². The highest BCUT2D eigenvalue weighted by Gasteiger charge is 2.08. The maximum absolute atomic E-state index is 10.5. The average Bonchev–Trinajstić information content (AvgIpc) is 2.46. The molecule has 0 fully saturated rings. The van der Waals surface area contributed by atoms with Crippen molar-refractivity contribution in [2.75, 3.05) is 0 Å². The second-order valence-electron chi connectivity index (χ2n) is 2.20.